The van der Waals surface area contributed by atoms with Crippen molar-refractivity contribution >= 4 is 10.8 Å². The van der Waals surface area contributed by atoms with Gasteiger partial charge >= 0.3 is 0 Å². The number of hydrogen-bond acceptors (Lipinski definition) is 3. The Bertz CT molecular complexity index is 1320. The van der Waals surface area contributed by atoms with Crippen molar-refractivity contribution < 1.29 is 4.74 Å². The summed E-state index contributed by atoms with van der Waals surface area (Å²) in [6, 6.07) is 32.9. The summed E-state index contributed by atoms with van der Waals surface area (Å²) in [6.07, 6.45) is -0.278. The van der Waals surface area contributed by atoms with Crippen molar-refractivity contribution in [3.63, 3.8) is 0 Å². The molecule has 1 unspecified atom stereocenters. The van der Waals surface area contributed by atoms with E-state index in [9.17, 15) is 0 Å². The van der Waals surface area contributed by atoms with Gasteiger partial charge in [-0.05, 0) is 37.4 Å². The number of nitrogens with zero attached hydrogens (tertiary/aromatic N) is 3. The molecule has 0 N–H and O–H groups in total. The fourth-order valence-corrected chi connectivity index (χ4v) is 3.84. The molecule has 0 saturated carbocycles. The molecule has 0 spiro atoms. The van der Waals surface area contributed by atoms with Crippen molar-refractivity contribution in [1.29, 1.82) is 0 Å². The normalized spacial score (nSPS) is 12.1. The molecular weight excluding hydrogens is 382 g/mol. The van der Waals surface area contributed by atoms with Gasteiger partial charge in [0.05, 0.1) is 5.69 Å². The summed E-state index contributed by atoms with van der Waals surface area (Å²) in [5.41, 5.74) is 4.98. The number of benzene rings is 4. The molecule has 1 aromatic heterocycles. The summed E-state index contributed by atoms with van der Waals surface area (Å²) in [6.45, 7) is 4.10. The highest BCUT2D eigenvalue weighted by molar-refractivity contribution is 5.88. The highest BCUT2D eigenvalue weighted by atomic mass is 16.5. The summed E-state index contributed by atoms with van der Waals surface area (Å²) < 4.78 is 8.32. The van der Waals surface area contributed by atoms with Gasteiger partial charge in [0.2, 0.25) is 0 Å². The molecule has 0 aliphatic heterocycles. The number of aryl methyl sites for hydroxylation is 1. The van der Waals surface area contributed by atoms with E-state index in [0.717, 1.165) is 39.2 Å². The number of hydrogen-bond donors (Lipinski definition) is 0. The third-order valence-electron chi connectivity index (χ3n) is 5.46. The predicted molar refractivity (Wildman–Crippen MR) is 125 cm³/mol. The van der Waals surface area contributed by atoms with Gasteiger partial charge in [-0.1, -0.05) is 89.6 Å². The lowest BCUT2D eigenvalue weighted by Gasteiger charge is -2.16. The van der Waals surface area contributed by atoms with Crippen molar-refractivity contribution in [3.8, 4) is 22.7 Å². The van der Waals surface area contributed by atoms with E-state index in [1.54, 1.807) is 0 Å². The van der Waals surface area contributed by atoms with Gasteiger partial charge in [-0.25, -0.2) is 4.68 Å². The standard InChI is InChI=1S/C27H23N3O/c1-19-15-17-23(18-16-19)30-27(22-10-4-3-5-11-22)26(28-29-30)20(2)31-25-14-8-12-21-9-6-7-13-24(21)25/h3-18,20H,1-2H3. The minimum atomic E-state index is -0.278. The zero-order valence-electron chi connectivity index (χ0n) is 17.6. The third kappa shape index (κ3) is 3.68. The van der Waals surface area contributed by atoms with Crippen molar-refractivity contribution in [2.24, 2.45) is 0 Å². The average molecular weight is 406 g/mol. The van der Waals surface area contributed by atoms with Gasteiger partial charge in [0.1, 0.15) is 23.2 Å². The van der Waals surface area contributed by atoms with Crippen LogP contribution in [0.5, 0.6) is 5.75 Å². The lowest BCUT2D eigenvalue weighted by molar-refractivity contribution is 0.225. The molecule has 1 atom stereocenters. The Balaban J connectivity index is 1.59. The Morgan fingerprint density at radius 1 is 0.774 bits per heavy atom. The van der Waals surface area contributed by atoms with Crippen molar-refractivity contribution in [2.45, 2.75) is 20.0 Å². The molecule has 0 bridgehead atoms. The first-order chi connectivity index (χ1) is 15.2. The van der Waals surface area contributed by atoms with E-state index in [4.69, 9.17) is 4.74 Å². The monoisotopic (exact) mass is 405 g/mol. The molecule has 0 saturated heterocycles. The molecule has 4 heteroatoms. The fourth-order valence-electron chi connectivity index (χ4n) is 3.84. The molecule has 0 aliphatic carbocycles. The summed E-state index contributed by atoms with van der Waals surface area (Å²) >= 11 is 0. The Morgan fingerprint density at radius 3 is 2.29 bits per heavy atom. The largest absolute Gasteiger partial charge is 0.484 e. The SMILES string of the molecule is Cc1ccc(-n2nnc(C(C)Oc3cccc4ccccc34)c2-c2ccccc2)cc1. The maximum atomic E-state index is 6.43. The zero-order valence-corrected chi connectivity index (χ0v) is 17.6. The highest BCUT2D eigenvalue weighted by Crippen LogP contribution is 2.33. The summed E-state index contributed by atoms with van der Waals surface area (Å²) in [5, 5.41) is 11.3. The van der Waals surface area contributed by atoms with Gasteiger partial charge < -0.3 is 4.74 Å². The molecule has 4 aromatic carbocycles. The molecule has 0 radical (unpaired) electrons. The van der Waals surface area contributed by atoms with Crippen LogP contribution in [0, 0.1) is 6.92 Å². The predicted octanol–water partition coefficient (Wildman–Crippen LogP) is 6.54. The van der Waals surface area contributed by atoms with Crippen LogP contribution in [-0.2, 0) is 0 Å². The van der Waals surface area contributed by atoms with Crippen LogP contribution in [0.2, 0.25) is 0 Å². The Kier molecular flexibility index (Phi) is 4.97. The van der Waals surface area contributed by atoms with Crippen LogP contribution in [0.1, 0.15) is 24.3 Å². The summed E-state index contributed by atoms with van der Waals surface area (Å²) in [7, 11) is 0. The van der Waals surface area contributed by atoms with Crippen molar-refractivity contribution in [2.75, 3.05) is 0 Å². The van der Waals surface area contributed by atoms with E-state index in [2.05, 4.69) is 71.8 Å². The fraction of sp³-hybridized carbons (Fsp3) is 0.111. The molecule has 0 amide bonds. The Morgan fingerprint density at radius 2 is 1.48 bits per heavy atom. The summed E-state index contributed by atoms with van der Waals surface area (Å²) in [5.74, 6) is 0.842. The highest BCUT2D eigenvalue weighted by Gasteiger charge is 2.22. The lowest BCUT2D eigenvalue weighted by atomic mass is 10.1. The van der Waals surface area contributed by atoms with Crippen LogP contribution in [0.3, 0.4) is 0 Å². The van der Waals surface area contributed by atoms with Gasteiger partial charge in [0.25, 0.3) is 0 Å². The minimum Gasteiger partial charge on any atom is -0.484 e. The molecule has 5 rings (SSSR count). The number of fused-ring (bicyclic) bond motifs is 1. The first-order valence-electron chi connectivity index (χ1n) is 10.4. The van der Waals surface area contributed by atoms with Crippen LogP contribution < -0.4 is 4.74 Å². The molecule has 0 aliphatic rings. The van der Waals surface area contributed by atoms with Gasteiger partial charge in [-0.3, -0.25) is 0 Å². The van der Waals surface area contributed by atoms with E-state index in [1.807, 2.05) is 54.1 Å². The third-order valence-corrected chi connectivity index (χ3v) is 5.46. The second kappa shape index (κ2) is 8.07. The van der Waals surface area contributed by atoms with Crippen LogP contribution in [0.4, 0.5) is 0 Å². The topological polar surface area (TPSA) is 39.9 Å². The maximum absolute atomic E-state index is 6.43. The van der Waals surface area contributed by atoms with E-state index < -0.39 is 0 Å². The van der Waals surface area contributed by atoms with Gasteiger partial charge in [-0.2, -0.15) is 0 Å². The smallest absolute Gasteiger partial charge is 0.142 e. The van der Waals surface area contributed by atoms with Crippen molar-refractivity contribution in [1.82, 2.24) is 15.0 Å². The van der Waals surface area contributed by atoms with Gasteiger partial charge in [0, 0.05) is 10.9 Å². The van der Waals surface area contributed by atoms with Crippen LogP contribution in [0.15, 0.2) is 97.1 Å². The average Bonchev–Trinajstić information content (AvgIpc) is 3.26. The minimum absolute atomic E-state index is 0.278. The molecule has 152 valence electrons. The van der Waals surface area contributed by atoms with Gasteiger partial charge in [0.15, 0.2) is 0 Å². The van der Waals surface area contributed by atoms with E-state index in [0.29, 0.717) is 0 Å². The van der Waals surface area contributed by atoms with E-state index >= 15 is 0 Å². The van der Waals surface area contributed by atoms with Crippen molar-refractivity contribution in [3.05, 3.63) is 108 Å². The first-order valence-corrected chi connectivity index (χ1v) is 10.4. The summed E-state index contributed by atoms with van der Waals surface area (Å²) in [4.78, 5) is 0. The lowest BCUT2D eigenvalue weighted by Crippen LogP contribution is -2.07. The zero-order chi connectivity index (χ0) is 21.2. The molecule has 5 aromatic rings. The number of ether oxygens (including phenoxy) is 1. The number of aromatic nitrogens is 3. The van der Waals surface area contributed by atoms with Gasteiger partial charge in [-0.15, -0.1) is 5.10 Å². The Labute approximate surface area is 181 Å². The maximum Gasteiger partial charge on any atom is 0.142 e. The number of rotatable bonds is 5. The van der Waals surface area contributed by atoms with Crippen LogP contribution in [-0.4, -0.2) is 15.0 Å². The first kappa shape index (κ1) is 19.1. The molecular formula is C27H23N3O. The van der Waals surface area contributed by atoms with E-state index in [1.165, 1.54) is 5.56 Å². The van der Waals surface area contributed by atoms with Crippen LogP contribution >= 0.6 is 0 Å². The van der Waals surface area contributed by atoms with Crippen LogP contribution in [0.25, 0.3) is 27.7 Å². The quantitative estimate of drug-likeness (QED) is 0.333. The van der Waals surface area contributed by atoms with E-state index in [-0.39, 0.29) is 6.10 Å². The molecule has 0 fully saturated rings. The molecule has 1 heterocycles. The second-order valence-corrected chi connectivity index (χ2v) is 7.67. The molecule has 31 heavy (non-hydrogen) atoms. The second-order valence-electron chi connectivity index (χ2n) is 7.67. The molecule has 4 nitrogen and oxygen atoms in total. The Hall–Kier alpha value is -3.92.